The van der Waals surface area contributed by atoms with Crippen LogP contribution < -0.4 is 10.5 Å². The summed E-state index contributed by atoms with van der Waals surface area (Å²) in [5, 5.41) is 0.568. The average Bonchev–Trinajstić information content (AvgIpc) is 2.41. The van der Waals surface area contributed by atoms with Gasteiger partial charge in [0.2, 0.25) is 5.88 Å². The zero-order valence-electron chi connectivity index (χ0n) is 10.9. The molecule has 3 nitrogen and oxygen atoms in total. The van der Waals surface area contributed by atoms with Gasteiger partial charge in [0.05, 0.1) is 0 Å². The predicted octanol–water partition coefficient (Wildman–Crippen LogP) is 3.54. The largest absolute Gasteiger partial charge is 0.473 e. The number of nitrogens with zero attached hydrogens (tertiary/aromatic N) is 1. The van der Waals surface area contributed by atoms with Crippen LogP contribution in [-0.2, 0) is 6.54 Å². The fourth-order valence-corrected chi connectivity index (χ4v) is 2.84. The Balaban J connectivity index is 2.07. The van der Waals surface area contributed by atoms with Crippen molar-refractivity contribution in [2.75, 3.05) is 0 Å². The van der Waals surface area contributed by atoms with E-state index in [1.54, 1.807) is 6.20 Å². The minimum Gasteiger partial charge on any atom is -0.473 e. The monoisotopic (exact) mass is 268 g/mol. The van der Waals surface area contributed by atoms with Crippen LogP contribution in [0.25, 0.3) is 0 Å². The lowest BCUT2D eigenvalue weighted by molar-refractivity contribution is 0.0859. The van der Waals surface area contributed by atoms with Crippen LogP contribution in [0.3, 0.4) is 0 Å². The minimum absolute atomic E-state index is 0.262. The van der Waals surface area contributed by atoms with E-state index < -0.39 is 0 Å². The summed E-state index contributed by atoms with van der Waals surface area (Å²) in [4.78, 5) is 4.28. The minimum atomic E-state index is 0.262. The molecular weight excluding hydrogens is 248 g/mol. The van der Waals surface area contributed by atoms with Crippen LogP contribution in [0.1, 0.15) is 44.6 Å². The molecule has 1 aromatic rings. The van der Waals surface area contributed by atoms with Crippen molar-refractivity contribution < 1.29 is 4.74 Å². The summed E-state index contributed by atoms with van der Waals surface area (Å²) in [5.41, 5.74) is 6.49. The molecular formula is C14H21ClN2O. The molecule has 18 heavy (non-hydrogen) atoms. The first-order valence-corrected chi connectivity index (χ1v) is 7.13. The molecule has 0 amide bonds. The van der Waals surface area contributed by atoms with Crippen molar-refractivity contribution in [3.8, 4) is 5.88 Å². The summed E-state index contributed by atoms with van der Waals surface area (Å²) >= 11 is 6.18. The maximum atomic E-state index is 6.18. The van der Waals surface area contributed by atoms with E-state index in [1.165, 1.54) is 19.3 Å². The molecule has 0 aromatic carbocycles. The Morgan fingerprint density at radius 1 is 1.44 bits per heavy atom. The summed E-state index contributed by atoms with van der Waals surface area (Å²) in [7, 11) is 0. The molecule has 2 atom stereocenters. The highest BCUT2D eigenvalue weighted by molar-refractivity contribution is 6.31. The third-order valence-corrected chi connectivity index (χ3v) is 4.00. The lowest BCUT2D eigenvalue weighted by atomic mass is 9.85. The van der Waals surface area contributed by atoms with Crippen molar-refractivity contribution in [3.05, 3.63) is 22.8 Å². The molecule has 1 saturated carbocycles. The molecule has 4 heteroatoms. The van der Waals surface area contributed by atoms with Gasteiger partial charge in [0, 0.05) is 12.7 Å². The molecule has 1 fully saturated rings. The zero-order chi connectivity index (χ0) is 13.0. The van der Waals surface area contributed by atoms with Gasteiger partial charge in [0.15, 0.2) is 0 Å². The number of nitrogens with two attached hydrogens (primary N) is 1. The van der Waals surface area contributed by atoms with Gasteiger partial charge in [-0.05, 0) is 43.2 Å². The summed E-state index contributed by atoms with van der Waals surface area (Å²) in [5.74, 6) is 1.19. The lowest BCUT2D eigenvalue weighted by Crippen LogP contribution is -2.30. The van der Waals surface area contributed by atoms with Crippen molar-refractivity contribution in [2.24, 2.45) is 11.7 Å². The van der Waals surface area contributed by atoms with Crippen LogP contribution in [0.15, 0.2) is 12.3 Å². The van der Waals surface area contributed by atoms with Crippen molar-refractivity contribution in [1.29, 1.82) is 0 Å². The van der Waals surface area contributed by atoms with Gasteiger partial charge in [-0.1, -0.05) is 24.9 Å². The number of rotatable bonds is 4. The molecule has 0 radical (unpaired) electrons. The summed E-state index contributed by atoms with van der Waals surface area (Å²) < 4.78 is 6.01. The molecule has 1 aliphatic rings. The van der Waals surface area contributed by atoms with Gasteiger partial charge in [-0.3, -0.25) is 0 Å². The quantitative estimate of drug-likeness (QED) is 0.909. The number of hydrogen-bond donors (Lipinski definition) is 1. The number of halogens is 1. The molecule has 100 valence electrons. The van der Waals surface area contributed by atoms with E-state index in [0.29, 0.717) is 23.4 Å². The molecule has 0 spiro atoms. The molecule has 1 aliphatic carbocycles. The second-order valence-corrected chi connectivity index (χ2v) is 5.35. The van der Waals surface area contributed by atoms with E-state index in [0.717, 1.165) is 18.4 Å². The maximum Gasteiger partial charge on any atom is 0.232 e. The third kappa shape index (κ3) is 3.15. The van der Waals surface area contributed by atoms with Gasteiger partial charge in [-0.2, -0.15) is 0 Å². The lowest BCUT2D eigenvalue weighted by Gasteiger charge is -2.31. The van der Waals surface area contributed by atoms with Crippen molar-refractivity contribution in [2.45, 2.75) is 51.7 Å². The van der Waals surface area contributed by atoms with Crippen LogP contribution in [0.5, 0.6) is 5.88 Å². The van der Waals surface area contributed by atoms with Gasteiger partial charge in [0.25, 0.3) is 0 Å². The third-order valence-electron chi connectivity index (χ3n) is 3.73. The van der Waals surface area contributed by atoms with E-state index in [1.807, 2.05) is 6.07 Å². The van der Waals surface area contributed by atoms with Crippen molar-refractivity contribution in [1.82, 2.24) is 4.98 Å². The Morgan fingerprint density at radius 3 is 2.89 bits per heavy atom. The Hall–Kier alpha value is -0.800. The molecule has 0 saturated heterocycles. The second kappa shape index (κ2) is 6.39. The predicted molar refractivity (Wildman–Crippen MR) is 73.8 cm³/mol. The van der Waals surface area contributed by atoms with E-state index in [9.17, 15) is 0 Å². The van der Waals surface area contributed by atoms with Crippen molar-refractivity contribution in [3.63, 3.8) is 0 Å². The van der Waals surface area contributed by atoms with Gasteiger partial charge < -0.3 is 10.5 Å². The molecule has 1 aromatic heterocycles. The van der Waals surface area contributed by atoms with Gasteiger partial charge in [-0.15, -0.1) is 0 Å². The SMILES string of the molecule is CCC1CCCCC1Oc1ncc(CN)cc1Cl. The number of ether oxygens (including phenoxy) is 1. The van der Waals surface area contributed by atoms with Crippen LogP contribution in [0, 0.1) is 5.92 Å². The van der Waals surface area contributed by atoms with Crippen LogP contribution in [0.2, 0.25) is 5.02 Å². The van der Waals surface area contributed by atoms with E-state index in [-0.39, 0.29) is 6.10 Å². The Morgan fingerprint density at radius 2 is 2.22 bits per heavy atom. The summed E-state index contributed by atoms with van der Waals surface area (Å²) in [6.07, 6.45) is 8.06. The molecule has 0 bridgehead atoms. The standard InChI is InChI=1S/C14H21ClN2O/c1-2-11-5-3-4-6-13(11)18-14-12(15)7-10(8-16)9-17-14/h7,9,11,13H,2-6,8,16H2,1H3. The highest BCUT2D eigenvalue weighted by Crippen LogP contribution is 2.32. The first-order valence-electron chi connectivity index (χ1n) is 6.75. The number of pyridine rings is 1. The van der Waals surface area contributed by atoms with Crippen LogP contribution in [0.4, 0.5) is 0 Å². The highest BCUT2D eigenvalue weighted by Gasteiger charge is 2.26. The first-order chi connectivity index (χ1) is 8.74. The van der Waals surface area contributed by atoms with Gasteiger partial charge in [0.1, 0.15) is 11.1 Å². The normalized spacial score (nSPS) is 23.9. The van der Waals surface area contributed by atoms with E-state index in [4.69, 9.17) is 22.1 Å². The van der Waals surface area contributed by atoms with Crippen LogP contribution in [-0.4, -0.2) is 11.1 Å². The second-order valence-electron chi connectivity index (χ2n) is 4.94. The van der Waals surface area contributed by atoms with Gasteiger partial charge >= 0.3 is 0 Å². The Bertz CT molecular complexity index is 397. The average molecular weight is 269 g/mol. The smallest absolute Gasteiger partial charge is 0.232 e. The fourth-order valence-electron chi connectivity index (χ4n) is 2.60. The number of hydrogen-bond acceptors (Lipinski definition) is 3. The summed E-state index contributed by atoms with van der Waals surface area (Å²) in [6.45, 7) is 2.67. The number of aromatic nitrogens is 1. The van der Waals surface area contributed by atoms with Gasteiger partial charge in [-0.25, -0.2) is 4.98 Å². The maximum absolute atomic E-state index is 6.18. The molecule has 2 unspecified atom stereocenters. The topological polar surface area (TPSA) is 48.1 Å². The van der Waals surface area contributed by atoms with E-state index in [2.05, 4.69) is 11.9 Å². The Labute approximate surface area is 114 Å². The van der Waals surface area contributed by atoms with Crippen LogP contribution >= 0.6 is 11.6 Å². The highest BCUT2D eigenvalue weighted by atomic mass is 35.5. The molecule has 1 heterocycles. The fraction of sp³-hybridized carbons (Fsp3) is 0.643. The molecule has 2 N–H and O–H groups in total. The first kappa shape index (κ1) is 13.6. The van der Waals surface area contributed by atoms with Crippen molar-refractivity contribution >= 4 is 11.6 Å². The molecule has 2 rings (SSSR count). The summed E-state index contributed by atoms with van der Waals surface area (Å²) in [6, 6.07) is 1.84. The zero-order valence-corrected chi connectivity index (χ0v) is 11.6. The Kier molecular flexibility index (Phi) is 4.84. The van der Waals surface area contributed by atoms with E-state index >= 15 is 0 Å². The molecule has 0 aliphatic heterocycles.